The van der Waals surface area contributed by atoms with Gasteiger partial charge in [-0.1, -0.05) is 29.8 Å². The number of rotatable bonds is 6. The van der Waals surface area contributed by atoms with Crippen molar-refractivity contribution < 1.29 is 4.79 Å². The van der Waals surface area contributed by atoms with Crippen LogP contribution in [0.2, 0.25) is 5.02 Å². The molecule has 142 valence electrons. The molecule has 4 aromatic rings. The van der Waals surface area contributed by atoms with E-state index in [1.54, 1.807) is 6.20 Å². The largest absolute Gasteiger partial charge is 0.351 e. The van der Waals surface area contributed by atoms with Crippen LogP contribution in [-0.4, -0.2) is 27.2 Å². The van der Waals surface area contributed by atoms with E-state index in [1.807, 2.05) is 60.3 Å². The van der Waals surface area contributed by atoms with Gasteiger partial charge in [0.15, 0.2) is 0 Å². The van der Waals surface area contributed by atoms with Gasteiger partial charge < -0.3 is 5.32 Å². The lowest BCUT2D eigenvalue weighted by molar-refractivity contribution is 0.0958. The van der Waals surface area contributed by atoms with E-state index in [1.165, 1.54) is 11.3 Å². The molecule has 0 saturated heterocycles. The van der Waals surface area contributed by atoms with Gasteiger partial charge in [-0.05, 0) is 48.7 Å². The molecule has 0 atom stereocenters. The normalized spacial score (nSPS) is 11.1. The maximum absolute atomic E-state index is 12.6. The third-order valence-corrected chi connectivity index (χ3v) is 5.90. The summed E-state index contributed by atoms with van der Waals surface area (Å²) < 4.78 is 1.95. The van der Waals surface area contributed by atoms with E-state index in [0.29, 0.717) is 23.0 Å². The van der Waals surface area contributed by atoms with Crippen molar-refractivity contribution in [2.45, 2.75) is 19.9 Å². The van der Waals surface area contributed by atoms with E-state index in [0.717, 1.165) is 33.5 Å². The summed E-state index contributed by atoms with van der Waals surface area (Å²) in [5.74, 6) is -0.0532. The number of hydrogen-bond donors (Lipinski definition) is 1. The molecule has 0 aliphatic rings. The van der Waals surface area contributed by atoms with Gasteiger partial charge in [0, 0.05) is 29.3 Å². The molecule has 0 saturated carbocycles. The summed E-state index contributed by atoms with van der Waals surface area (Å²) in [6.07, 6.45) is 4.32. The van der Waals surface area contributed by atoms with Gasteiger partial charge in [-0.3, -0.25) is 14.5 Å². The zero-order chi connectivity index (χ0) is 19.5. The molecular formula is C21H19ClN4OS. The van der Waals surface area contributed by atoms with Crippen LogP contribution in [0.15, 0.2) is 54.9 Å². The standard InChI is InChI=1S/C21H19ClN4OS/c1-14-18-11-19(20(27)24-10-8-15-3-2-9-23-12-15)28-21(18)26(25-14)13-16-4-6-17(22)7-5-16/h2-7,9,11-12H,8,10,13H2,1H3,(H,24,27). The molecule has 0 bridgehead atoms. The fourth-order valence-electron chi connectivity index (χ4n) is 3.05. The first-order chi connectivity index (χ1) is 13.6. The maximum Gasteiger partial charge on any atom is 0.261 e. The first-order valence-electron chi connectivity index (χ1n) is 8.98. The Balaban J connectivity index is 1.47. The van der Waals surface area contributed by atoms with Gasteiger partial charge >= 0.3 is 0 Å². The number of carbonyl (C=O) groups excluding carboxylic acids is 1. The molecule has 4 rings (SSSR count). The van der Waals surface area contributed by atoms with E-state index in [9.17, 15) is 4.79 Å². The predicted molar refractivity (Wildman–Crippen MR) is 113 cm³/mol. The average molecular weight is 411 g/mol. The average Bonchev–Trinajstić information content (AvgIpc) is 3.26. The summed E-state index contributed by atoms with van der Waals surface area (Å²) in [6, 6.07) is 13.6. The summed E-state index contributed by atoms with van der Waals surface area (Å²) in [7, 11) is 0. The van der Waals surface area contributed by atoms with Crippen molar-refractivity contribution in [1.29, 1.82) is 0 Å². The number of aromatic nitrogens is 3. The molecular weight excluding hydrogens is 392 g/mol. The summed E-state index contributed by atoms with van der Waals surface area (Å²) in [5.41, 5.74) is 3.15. The lowest BCUT2D eigenvalue weighted by Crippen LogP contribution is -2.24. The molecule has 1 amide bonds. The van der Waals surface area contributed by atoms with E-state index < -0.39 is 0 Å². The van der Waals surface area contributed by atoms with Crippen LogP contribution in [0.1, 0.15) is 26.5 Å². The molecule has 0 fully saturated rings. The van der Waals surface area contributed by atoms with Gasteiger partial charge in [0.2, 0.25) is 0 Å². The molecule has 1 N–H and O–H groups in total. The highest BCUT2D eigenvalue weighted by molar-refractivity contribution is 7.20. The van der Waals surface area contributed by atoms with E-state index >= 15 is 0 Å². The summed E-state index contributed by atoms with van der Waals surface area (Å²) in [5, 5.41) is 9.36. The third kappa shape index (κ3) is 4.08. The Kier molecular flexibility index (Phi) is 5.41. The predicted octanol–water partition coefficient (Wildman–Crippen LogP) is 4.48. The van der Waals surface area contributed by atoms with Gasteiger partial charge in [-0.15, -0.1) is 11.3 Å². The lowest BCUT2D eigenvalue weighted by atomic mass is 10.2. The number of nitrogens with one attached hydrogen (secondary N) is 1. The number of pyridine rings is 1. The Bertz CT molecular complexity index is 1100. The van der Waals surface area contributed by atoms with Crippen molar-refractivity contribution >= 4 is 39.1 Å². The van der Waals surface area contributed by atoms with E-state index in [4.69, 9.17) is 11.6 Å². The molecule has 5 nitrogen and oxygen atoms in total. The highest BCUT2D eigenvalue weighted by Crippen LogP contribution is 2.29. The van der Waals surface area contributed by atoms with Crippen molar-refractivity contribution in [1.82, 2.24) is 20.1 Å². The van der Waals surface area contributed by atoms with Crippen molar-refractivity contribution in [3.05, 3.63) is 81.6 Å². The zero-order valence-electron chi connectivity index (χ0n) is 15.4. The second kappa shape index (κ2) is 8.12. The van der Waals surface area contributed by atoms with Crippen molar-refractivity contribution in [3.63, 3.8) is 0 Å². The van der Waals surface area contributed by atoms with Crippen LogP contribution in [-0.2, 0) is 13.0 Å². The second-order valence-electron chi connectivity index (χ2n) is 6.57. The molecule has 0 aliphatic carbocycles. The molecule has 7 heteroatoms. The molecule has 0 unspecified atom stereocenters. The minimum Gasteiger partial charge on any atom is -0.351 e. The minimum atomic E-state index is -0.0532. The van der Waals surface area contributed by atoms with Crippen LogP contribution in [0.25, 0.3) is 10.2 Å². The molecule has 3 heterocycles. The van der Waals surface area contributed by atoms with Gasteiger partial charge in [0.25, 0.3) is 5.91 Å². The number of fused-ring (bicyclic) bond motifs is 1. The van der Waals surface area contributed by atoms with Crippen molar-refractivity contribution in [3.8, 4) is 0 Å². The van der Waals surface area contributed by atoms with Crippen LogP contribution in [0, 0.1) is 6.92 Å². The van der Waals surface area contributed by atoms with E-state index in [2.05, 4.69) is 15.4 Å². The maximum atomic E-state index is 12.6. The number of aryl methyl sites for hydroxylation is 1. The highest BCUT2D eigenvalue weighted by atomic mass is 35.5. The fourth-order valence-corrected chi connectivity index (χ4v) is 4.25. The van der Waals surface area contributed by atoms with Gasteiger partial charge in [-0.2, -0.15) is 5.10 Å². The van der Waals surface area contributed by atoms with Gasteiger partial charge in [0.05, 0.1) is 17.1 Å². The number of carbonyl (C=O) groups is 1. The first-order valence-corrected chi connectivity index (χ1v) is 10.2. The van der Waals surface area contributed by atoms with E-state index in [-0.39, 0.29) is 5.91 Å². The first kappa shape index (κ1) is 18.7. The Hall–Kier alpha value is -2.70. The molecule has 1 aromatic carbocycles. The van der Waals surface area contributed by atoms with Crippen LogP contribution in [0.3, 0.4) is 0 Å². The number of nitrogens with zero attached hydrogens (tertiary/aromatic N) is 3. The second-order valence-corrected chi connectivity index (χ2v) is 8.03. The highest BCUT2D eigenvalue weighted by Gasteiger charge is 2.16. The van der Waals surface area contributed by atoms with Crippen LogP contribution in [0.5, 0.6) is 0 Å². The number of thiophene rings is 1. The van der Waals surface area contributed by atoms with Crippen molar-refractivity contribution in [2.24, 2.45) is 0 Å². The number of hydrogen-bond acceptors (Lipinski definition) is 4. The van der Waals surface area contributed by atoms with Gasteiger partial charge in [-0.25, -0.2) is 0 Å². The summed E-state index contributed by atoms with van der Waals surface area (Å²) in [4.78, 5) is 18.4. The summed E-state index contributed by atoms with van der Waals surface area (Å²) >= 11 is 7.44. The SMILES string of the molecule is Cc1nn(Cc2ccc(Cl)cc2)c2sc(C(=O)NCCc3cccnc3)cc12. The molecule has 28 heavy (non-hydrogen) atoms. The summed E-state index contributed by atoms with van der Waals surface area (Å²) in [6.45, 7) is 3.19. The third-order valence-electron chi connectivity index (χ3n) is 4.50. The molecule has 0 spiro atoms. The number of halogens is 1. The molecule has 0 aliphatic heterocycles. The smallest absolute Gasteiger partial charge is 0.261 e. The Labute approximate surface area is 172 Å². The number of amides is 1. The molecule has 0 radical (unpaired) electrons. The van der Waals surface area contributed by atoms with Crippen molar-refractivity contribution in [2.75, 3.05) is 6.54 Å². The Morgan fingerprint density at radius 1 is 1.21 bits per heavy atom. The Morgan fingerprint density at radius 2 is 2.04 bits per heavy atom. The molecule has 3 aromatic heterocycles. The van der Waals surface area contributed by atoms with Crippen LogP contribution >= 0.6 is 22.9 Å². The van der Waals surface area contributed by atoms with Crippen LogP contribution < -0.4 is 5.32 Å². The monoisotopic (exact) mass is 410 g/mol. The quantitative estimate of drug-likeness (QED) is 0.510. The topological polar surface area (TPSA) is 59.8 Å². The lowest BCUT2D eigenvalue weighted by Gasteiger charge is -2.04. The minimum absolute atomic E-state index is 0.0532. The van der Waals surface area contributed by atoms with Crippen LogP contribution in [0.4, 0.5) is 0 Å². The zero-order valence-corrected chi connectivity index (χ0v) is 16.9. The van der Waals surface area contributed by atoms with Gasteiger partial charge in [0.1, 0.15) is 4.83 Å². The fraction of sp³-hybridized carbons (Fsp3) is 0.190. The Morgan fingerprint density at radius 3 is 2.79 bits per heavy atom. The number of benzene rings is 1.